The highest BCUT2D eigenvalue weighted by Gasteiger charge is 2.22. The second-order valence-electron chi connectivity index (χ2n) is 5.89. The molecule has 0 bridgehead atoms. The summed E-state index contributed by atoms with van der Waals surface area (Å²) in [7, 11) is 0. The van der Waals surface area contributed by atoms with Gasteiger partial charge in [0.05, 0.1) is 17.9 Å². The van der Waals surface area contributed by atoms with E-state index in [2.05, 4.69) is 12.2 Å². The van der Waals surface area contributed by atoms with Gasteiger partial charge >= 0.3 is 0 Å². The molecule has 2 atom stereocenters. The topological polar surface area (TPSA) is 64.3 Å². The molecule has 116 valence electrons. The van der Waals surface area contributed by atoms with E-state index in [1.54, 1.807) is 18.2 Å². The van der Waals surface area contributed by atoms with E-state index in [0.717, 1.165) is 6.54 Å². The number of ether oxygens (including phenoxy) is 1. The summed E-state index contributed by atoms with van der Waals surface area (Å²) in [6, 6.07) is 5.31. The molecule has 0 aromatic heterocycles. The highest BCUT2D eigenvalue weighted by molar-refractivity contribution is 5.98. The van der Waals surface area contributed by atoms with Crippen LogP contribution in [0.3, 0.4) is 0 Å². The van der Waals surface area contributed by atoms with Gasteiger partial charge in [0.1, 0.15) is 0 Å². The van der Waals surface area contributed by atoms with Crippen molar-refractivity contribution in [3.8, 4) is 5.75 Å². The van der Waals surface area contributed by atoms with Gasteiger partial charge in [-0.3, -0.25) is 4.79 Å². The van der Waals surface area contributed by atoms with Crippen molar-refractivity contribution in [2.45, 2.75) is 39.5 Å². The molecule has 0 saturated heterocycles. The first-order valence-electron chi connectivity index (χ1n) is 7.93. The van der Waals surface area contributed by atoms with Gasteiger partial charge in [-0.2, -0.15) is 0 Å². The SMILES string of the molecule is CCOc1c(N)cccc1C(=O)NCC1CCCCC1C. The Labute approximate surface area is 127 Å². The van der Waals surface area contributed by atoms with E-state index in [9.17, 15) is 4.79 Å². The first kappa shape index (κ1) is 15.7. The van der Waals surface area contributed by atoms with Crippen LogP contribution in [0.2, 0.25) is 0 Å². The molecule has 1 amide bonds. The van der Waals surface area contributed by atoms with Crippen molar-refractivity contribution in [1.82, 2.24) is 5.32 Å². The maximum absolute atomic E-state index is 12.4. The van der Waals surface area contributed by atoms with Crippen LogP contribution in [0.1, 0.15) is 49.9 Å². The molecular formula is C17H26N2O2. The molecular weight excluding hydrogens is 264 g/mol. The van der Waals surface area contributed by atoms with E-state index in [4.69, 9.17) is 10.5 Å². The number of hydrogen-bond donors (Lipinski definition) is 2. The highest BCUT2D eigenvalue weighted by atomic mass is 16.5. The second-order valence-corrected chi connectivity index (χ2v) is 5.89. The minimum atomic E-state index is -0.0940. The molecule has 1 aromatic rings. The van der Waals surface area contributed by atoms with Gasteiger partial charge < -0.3 is 15.8 Å². The Bertz CT molecular complexity index is 488. The number of para-hydroxylation sites is 1. The van der Waals surface area contributed by atoms with Crippen LogP contribution in [0.5, 0.6) is 5.75 Å². The number of rotatable bonds is 5. The Morgan fingerprint density at radius 1 is 1.38 bits per heavy atom. The fourth-order valence-corrected chi connectivity index (χ4v) is 3.05. The molecule has 0 spiro atoms. The zero-order valence-corrected chi connectivity index (χ0v) is 13.0. The van der Waals surface area contributed by atoms with Crippen molar-refractivity contribution in [2.75, 3.05) is 18.9 Å². The molecule has 1 aromatic carbocycles. The predicted octanol–water partition coefficient (Wildman–Crippen LogP) is 3.22. The molecule has 4 heteroatoms. The summed E-state index contributed by atoms with van der Waals surface area (Å²) in [6.07, 6.45) is 5.06. The number of carbonyl (C=O) groups excluding carboxylic acids is 1. The molecule has 21 heavy (non-hydrogen) atoms. The average molecular weight is 290 g/mol. The number of benzene rings is 1. The van der Waals surface area contributed by atoms with Crippen LogP contribution < -0.4 is 15.8 Å². The number of nitrogen functional groups attached to an aromatic ring is 1. The Balaban J connectivity index is 2.01. The van der Waals surface area contributed by atoms with Crippen LogP contribution in [0.25, 0.3) is 0 Å². The maximum Gasteiger partial charge on any atom is 0.255 e. The van der Waals surface area contributed by atoms with Crippen LogP contribution in [0, 0.1) is 11.8 Å². The van der Waals surface area contributed by atoms with Gasteiger partial charge in [0.15, 0.2) is 5.75 Å². The number of hydrogen-bond acceptors (Lipinski definition) is 3. The minimum absolute atomic E-state index is 0.0940. The largest absolute Gasteiger partial charge is 0.491 e. The molecule has 1 aliphatic rings. The molecule has 2 unspecified atom stereocenters. The Kier molecular flexibility index (Phi) is 5.48. The van der Waals surface area contributed by atoms with Gasteiger partial charge in [0.25, 0.3) is 5.91 Å². The summed E-state index contributed by atoms with van der Waals surface area (Å²) in [5.41, 5.74) is 6.94. The summed E-state index contributed by atoms with van der Waals surface area (Å²) < 4.78 is 5.52. The van der Waals surface area contributed by atoms with Crippen LogP contribution >= 0.6 is 0 Å². The maximum atomic E-state index is 12.4. The quantitative estimate of drug-likeness (QED) is 0.818. The van der Waals surface area contributed by atoms with Crippen molar-refractivity contribution in [1.29, 1.82) is 0 Å². The van der Waals surface area contributed by atoms with Gasteiger partial charge in [-0.15, -0.1) is 0 Å². The fraction of sp³-hybridized carbons (Fsp3) is 0.588. The van der Waals surface area contributed by atoms with Gasteiger partial charge in [-0.1, -0.05) is 32.3 Å². The number of nitrogens with two attached hydrogens (primary N) is 1. The van der Waals surface area contributed by atoms with Crippen LogP contribution in [0.4, 0.5) is 5.69 Å². The summed E-state index contributed by atoms with van der Waals surface area (Å²) in [4.78, 5) is 12.4. The van der Waals surface area contributed by atoms with Crippen LogP contribution in [-0.2, 0) is 0 Å². The van der Waals surface area contributed by atoms with Gasteiger partial charge in [0.2, 0.25) is 0 Å². The molecule has 4 nitrogen and oxygen atoms in total. The van der Waals surface area contributed by atoms with E-state index in [1.165, 1.54) is 25.7 Å². The van der Waals surface area contributed by atoms with Crippen LogP contribution in [-0.4, -0.2) is 19.1 Å². The lowest BCUT2D eigenvalue weighted by Gasteiger charge is -2.28. The third kappa shape index (κ3) is 3.90. The van der Waals surface area contributed by atoms with E-state index in [0.29, 0.717) is 35.4 Å². The van der Waals surface area contributed by atoms with Gasteiger partial charge in [0, 0.05) is 6.54 Å². The fourth-order valence-electron chi connectivity index (χ4n) is 3.05. The Hall–Kier alpha value is -1.71. The third-order valence-electron chi connectivity index (χ3n) is 4.39. The molecule has 0 aliphatic heterocycles. The Morgan fingerprint density at radius 3 is 2.86 bits per heavy atom. The normalized spacial score (nSPS) is 21.8. The van der Waals surface area contributed by atoms with Crippen molar-refractivity contribution in [2.24, 2.45) is 11.8 Å². The lowest BCUT2D eigenvalue weighted by Crippen LogP contribution is -2.33. The number of nitrogens with one attached hydrogen (secondary N) is 1. The summed E-state index contributed by atoms with van der Waals surface area (Å²) in [6.45, 7) is 5.40. The zero-order chi connectivity index (χ0) is 15.2. The van der Waals surface area contributed by atoms with Gasteiger partial charge in [-0.05, 0) is 37.3 Å². The monoisotopic (exact) mass is 290 g/mol. The van der Waals surface area contributed by atoms with E-state index >= 15 is 0 Å². The first-order valence-corrected chi connectivity index (χ1v) is 7.93. The minimum Gasteiger partial charge on any atom is -0.491 e. The third-order valence-corrected chi connectivity index (χ3v) is 4.39. The standard InChI is InChI=1S/C17H26N2O2/c1-3-21-16-14(9-6-10-15(16)18)17(20)19-11-13-8-5-4-7-12(13)2/h6,9-10,12-13H,3-5,7-8,11,18H2,1-2H3,(H,19,20). The summed E-state index contributed by atoms with van der Waals surface area (Å²) in [5.74, 6) is 1.67. The summed E-state index contributed by atoms with van der Waals surface area (Å²) in [5, 5.41) is 3.05. The van der Waals surface area contributed by atoms with E-state index in [-0.39, 0.29) is 5.91 Å². The number of amides is 1. The predicted molar refractivity (Wildman–Crippen MR) is 85.5 cm³/mol. The van der Waals surface area contributed by atoms with Crippen LogP contribution in [0.15, 0.2) is 18.2 Å². The van der Waals surface area contributed by atoms with Gasteiger partial charge in [-0.25, -0.2) is 0 Å². The molecule has 2 rings (SSSR count). The Morgan fingerprint density at radius 2 is 2.14 bits per heavy atom. The van der Waals surface area contributed by atoms with Crippen molar-refractivity contribution < 1.29 is 9.53 Å². The smallest absolute Gasteiger partial charge is 0.255 e. The lowest BCUT2D eigenvalue weighted by molar-refractivity contribution is 0.0933. The lowest BCUT2D eigenvalue weighted by atomic mass is 9.80. The van der Waals surface area contributed by atoms with Crippen molar-refractivity contribution >= 4 is 11.6 Å². The van der Waals surface area contributed by atoms with Crippen molar-refractivity contribution in [3.05, 3.63) is 23.8 Å². The highest BCUT2D eigenvalue weighted by Crippen LogP contribution is 2.30. The average Bonchev–Trinajstić information content (AvgIpc) is 2.48. The number of anilines is 1. The summed E-state index contributed by atoms with van der Waals surface area (Å²) >= 11 is 0. The van der Waals surface area contributed by atoms with E-state index in [1.807, 2.05) is 6.92 Å². The molecule has 0 heterocycles. The molecule has 3 N–H and O–H groups in total. The molecule has 1 saturated carbocycles. The number of carbonyl (C=O) groups is 1. The second kappa shape index (κ2) is 7.34. The van der Waals surface area contributed by atoms with Crippen molar-refractivity contribution in [3.63, 3.8) is 0 Å². The molecule has 1 fully saturated rings. The first-order chi connectivity index (χ1) is 10.1. The van der Waals surface area contributed by atoms with E-state index < -0.39 is 0 Å². The molecule has 1 aliphatic carbocycles. The molecule has 0 radical (unpaired) electrons. The zero-order valence-electron chi connectivity index (χ0n) is 13.0.